The minimum atomic E-state index is -3.82. The first-order valence-electron chi connectivity index (χ1n) is 6.04. The smallest absolute Gasteiger partial charge is 0.262 e. The summed E-state index contributed by atoms with van der Waals surface area (Å²) in [6, 6.07) is 5.43. The van der Waals surface area contributed by atoms with Crippen LogP contribution in [0.1, 0.15) is 4.88 Å². The van der Waals surface area contributed by atoms with Gasteiger partial charge in [0, 0.05) is 22.9 Å². The maximum Gasteiger partial charge on any atom is 0.262 e. The van der Waals surface area contributed by atoms with E-state index in [0.29, 0.717) is 12.3 Å². The average Bonchev–Trinajstić information content (AvgIpc) is 2.91. The summed E-state index contributed by atoms with van der Waals surface area (Å²) >= 11 is 1.32. The SMILES string of the molecule is CNCc1cc(S(=O)(=O)Nc2cc(OC)ccc2F)cs1. The quantitative estimate of drug-likeness (QED) is 0.853. The molecular weight excluding hydrogens is 315 g/mol. The van der Waals surface area contributed by atoms with Gasteiger partial charge in [0.25, 0.3) is 10.0 Å². The van der Waals surface area contributed by atoms with Gasteiger partial charge < -0.3 is 10.1 Å². The van der Waals surface area contributed by atoms with Crippen LogP contribution in [0, 0.1) is 5.82 Å². The highest BCUT2D eigenvalue weighted by Crippen LogP contribution is 2.26. The largest absolute Gasteiger partial charge is 0.497 e. The van der Waals surface area contributed by atoms with Crippen LogP contribution in [0.15, 0.2) is 34.5 Å². The summed E-state index contributed by atoms with van der Waals surface area (Å²) in [6.07, 6.45) is 0. The molecule has 0 aliphatic rings. The number of methoxy groups -OCH3 is 1. The van der Waals surface area contributed by atoms with E-state index >= 15 is 0 Å². The van der Waals surface area contributed by atoms with Crippen molar-refractivity contribution in [2.24, 2.45) is 0 Å². The molecule has 1 aromatic carbocycles. The number of hydrogen-bond acceptors (Lipinski definition) is 5. The van der Waals surface area contributed by atoms with Crippen molar-refractivity contribution in [1.82, 2.24) is 5.32 Å². The number of halogens is 1. The maximum absolute atomic E-state index is 13.7. The van der Waals surface area contributed by atoms with Crippen LogP contribution >= 0.6 is 11.3 Å². The minimum Gasteiger partial charge on any atom is -0.497 e. The van der Waals surface area contributed by atoms with E-state index in [1.165, 1.54) is 36.0 Å². The predicted molar refractivity (Wildman–Crippen MR) is 80.8 cm³/mol. The lowest BCUT2D eigenvalue weighted by Gasteiger charge is -2.09. The van der Waals surface area contributed by atoms with Crippen molar-refractivity contribution < 1.29 is 17.5 Å². The number of anilines is 1. The molecule has 114 valence electrons. The molecule has 0 aliphatic heterocycles. The predicted octanol–water partition coefficient (Wildman–Crippen LogP) is 2.42. The van der Waals surface area contributed by atoms with E-state index in [1.807, 2.05) is 0 Å². The molecule has 1 aromatic heterocycles. The zero-order chi connectivity index (χ0) is 15.5. The van der Waals surface area contributed by atoms with E-state index in [-0.39, 0.29) is 10.6 Å². The van der Waals surface area contributed by atoms with Gasteiger partial charge in [-0.3, -0.25) is 4.72 Å². The van der Waals surface area contributed by atoms with E-state index in [2.05, 4.69) is 10.0 Å². The molecule has 0 saturated carbocycles. The Morgan fingerprint density at radius 1 is 1.33 bits per heavy atom. The monoisotopic (exact) mass is 330 g/mol. The second-order valence-electron chi connectivity index (χ2n) is 4.23. The Kier molecular flexibility index (Phi) is 4.81. The molecule has 0 radical (unpaired) electrons. The van der Waals surface area contributed by atoms with Crippen molar-refractivity contribution in [2.45, 2.75) is 11.4 Å². The summed E-state index contributed by atoms with van der Waals surface area (Å²) in [5, 5.41) is 4.46. The van der Waals surface area contributed by atoms with Gasteiger partial charge in [-0.2, -0.15) is 0 Å². The number of thiophene rings is 1. The molecule has 0 saturated heterocycles. The van der Waals surface area contributed by atoms with Gasteiger partial charge in [0.15, 0.2) is 0 Å². The lowest BCUT2D eigenvalue weighted by molar-refractivity contribution is 0.414. The fourth-order valence-corrected chi connectivity index (χ4v) is 4.03. The topological polar surface area (TPSA) is 67.4 Å². The zero-order valence-electron chi connectivity index (χ0n) is 11.5. The fraction of sp³-hybridized carbons (Fsp3) is 0.231. The van der Waals surface area contributed by atoms with Crippen molar-refractivity contribution in [3.63, 3.8) is 0 Å². The average molecular weight is 330 g/mol. The molecule has 0 bridgehead atoms. The molecule has 5 nitrogen and oxygen atoms in total. The third kappa shape index (κ3) is 3.72. The second-order valence-corrected chi connectivity index (χ2v) is 6.91. The zero-order valence-corrected chi connectivity index (χ0v) is 13.1. The number of benzene rings is 1. The standard InChI is InChI=1S/C13H15FN2O3S2/c1-15-7-10-6-11(8-20-10)21(17,18)16-13-5-9(19-2)3-4-12(13)14/h3-6,8,15-16H,7H2,1-2H3. The molecule has 1 heterocycles. The third-order valence-corrected chi connectivity index (χ3v) is 5.14. The van der Waals surface area contributed by atoms with Crippen molar-refractivity contribution in [1.29, 1.82) is 0 Å². The van der Waals surface area contributed by atoms with Gasteiger partial charge in [0.1, 0.15) is 11.6 Å². The Morgan fingerprint density at radius 2 is 2.10 bits per heavy atom. The molecule has 0 aliphatic carbocycles. The highest BCUT2D eigenvalue weighted by atomic mass is 32.2. The normalized spacial score (nSPS) is 11.4. The molecule has 0 unspecified atom stereocenters. The summed E-state index contributed by atoms with van der Waals surface area (Å²) in [5.74, 6) is -0.291. The van der Waals surface area contributed by atoms with Gasteiger partial charge in [-0.05, 0) is 25.2 Å². The molecule has 2 N–H and O–H groups in total. The number of rotatable bonds is 6. The number of ether oxygens (including phenoxy) is 1. The summed E-state index contributed by atoms with van der Waals surface area (Å²) in [5.41, 5.74) is -0.143. The van der Waals surface area contributed by atoms with Gasteiger partial charge in [-0.25, -0.2) is 12.8 Å². The molecule has 2 aromatic rings. The highest BCUT2D eigenvalue weighted by molar-refractivity contribution is 7.92. The van der Waals surface area contributed by atoms with Crippen molar-refractivity contribution in [3.8, 4) is 5.75 Å². The number of nitrogens with one attached hydrogen (secondary N) is 2. The van der Waals surface area contributed by atoms with Crippen LogP contribution in [0.4, 0.5) is 10.1 Å². The van der Waals surface area contributed by atoms with Crippen molar-refractivity contribution in [3.05, 3.63) is 40.3 Å². The Hall–Kier alpha value is -1.64. The van der Waals surface area contributed by atoms with Gasteiger partial charge in [-0.1, -0.05) is 0 Å². The first-order chi connectivity index (χ1) is 9.96. The molecule has 0 atom stereocenters. The lowest BCUT2D eigenvalue weighted by Crippen LogP contribution is -2.13. The van der Waals surface area contributed by atoms with Crippen molar-refractivity contribution in [2.75, 3.05) is 18.9 Å². The van der Waals surface area contributed by atoms with Crippen LogP contribution < -0.4 is 14.8 Å². The Morgan fingerprint density at radius 3 is 2.76 bits per heavy atom. The summed E-state index contributed by atoms with van der Waals surface area (Å²) in [7, 11) is -0.621. The van der Waals surface area contributed by atoms with Crippen molar-refractivity contribution >= 4 is 27.0 Å². The summed E-state index contributed by atoms with van der Waals surface area (Å²) in [4.78, 5) is 0.990. The van der Waals surface area contributed by atoms with E-state index in [4.69, 9.17) is 4.74 Å². The van der Waals surface area contributed by atoms with Crippen LogP contribution in [0.2, 0.25) is 0 Å². The summed E-state index contributed by atoms with van der Waals surface area (Å²) < 4.78 is 45.4. The minimum absolute atomic E-state index is 0.111. The Labute approximate surface area is 126 Å². The molecule has 0 fully saturated rings. The van der Waals surface area contributed by atoms with Gasteiger partial charge >= 0.3 is 0 Å². The van der Waals surface area contributed by atoms with Gasteiger partial charge in [-0.15, -0.1) is 11.3 Å². The molecule has 2 rings (SSSR count). The van der Waals surface area contributed by atoms with E-state index in [0.717, 1.165) is 10.9 Å². The van der Waals surface area contributed by atoms with Gasteiger partial charge in [0.2, 0.25) is 0 Å². The third-order valence-electron chi connectivity index (χ3n) is 2.71. The fourth-order valence-electron chi connectivity index (χ4n) is 1.68. The van der Waals surface area contributed by atoms with Crippen LogP contribution in [-0.4, -0.2) is 22.6 Å². The molecular formula is C13H15FN2O3S2. The van der Waals surface area contributed by atoms with Crippen LogP contribution in [0.25, 0.3) is 0 Å². The van der Waals surface area contributed by atoms with Crippen LogP contribution in [0.3, 0.4) is 0 Å². The van der Waals surface area contributed by atoms with Crippen LogP contribution in [0.5, 0.6) is 5.75 Å². The molecule has 8 heteroatoms. The molecule has 21 heavy (non-hydrogen) atoms. The lowest BCUT2D eigenvalue weighted by atomic mass is 10.3. The van der Waals surface area contributed by atoms with E-state index < -0.39 is 15.8 Å². The van der Waals surface area contributed by atoms with Crippen LogP contribution in [-0.2, 0) is 16.6 Å². The Bertz CT molecular complexity index is 729. The van der Waals surface area contributed by atoms with Gasteiger partial charge in [0.05, 0.1) is 17.7 Å². The first kappa shape index (κ1) is 15.7. The molecule has 0 spiro atoms. The number of hydrogen-bond donors (Lipinski definition) is 2. The van der Waals surface area contributed by atoms with E-state index in [1.54, 1.807) is 13.1 Å². The summed E-state index contributed by atoms with van der Waals surface area (Å²) in [6.45, 7) is 0.577. The molecule has 0 amide bonds. The Balaban J connectivity index is 2.28. The van der Waals surface area contributed by atoms with E-state index in [9.17, 15) is 12.8 Å². The highest BCUT2D eigenvalue weighted by Gasteiger charge is 2.18. The second kappa shape index (κ2) is 6.42. The maximum atomic E-state index is 13.7. The number of sulfonamides is 1. The first-order valence-corrected chi connectivity index (χ1v) is 8.41.